The van der Waals surface area contributed by atoms with Crippen molar-refractivity contribution in [3.63, 3.8) is 0 Å². The highest BCUT2D eigenvalue weighted by atomic mass is 19.1. The Morgan fingerprint density at radius 2 is 1.82 bits per heavy atom. The Balaban J connectivity index is 1.73. The summed E-state index contributed by atoms with van der Waals surface area (Å²) in [5.74, 6) is 5.67. The number of aliphatic hydroxyl groups is 1. The number of halogens is 1. The molecule has 44 heavy (non-hydrogen) atoms. The van der Waals surface area contributed by atoms with Crippen LogP contribution in [0.1, 0.15) is 74.9 Å². The molecule has 5 N–H and O–H groups in total. The van der Waals surface area contributed by atoms with Crippen LogP contribution < -0.4 is 22.0 Å². The molecule has 0 bridgehead atoms. The van der Waals surface area contributed by atoms with E-state index in [0.29, 0.717) is 28.2 Å². The number of nitrogens with zero attached hydrogens (tertiary/aromatic N) is 3. The van der Waals surface area contributed by atoms with Crippen molar-refractivity contribution in [2.24, 2.45) is 18.0 Å². The lowest BCUT2D eigenvalue weighted by Gasteiger charge is -2.26. The normalized spacial score (nSPS) is 12.2. The first-order valence-electron chi connectivity index (χ1n) is 14.8. The van der Waals surface area contributed by atoms with E-state index in [4.69, 9.17) is 5.84 Å². The standard InChI is InChI=1S/C35H43FN6O2/c1-8-39-35(5,6)25-12-13-32(38-19-25)41-31-16-24(20-42(7)33(31)44)27-11-9-10-22(29(27)21-43)15-28-23(18-40-37)14-26(17-30(28)36)34(2,3)4/h9-14,16-20,39,43H,8,15,21,37H2,1-7H3,(H,38,41)/b40-18-. The van der Waals surface area contributed by atoms with E-state index in [0.717, 1.165) is 34.4 Å². The van der Waals surface area contributed by atoms with Crippen molar-refractivity contribution in [3.05, 3.63) is 110 Å². The lowest BCUT2D eigenvalue weighted by Crippen LogP contribution is -2.36. The molecule has 2 heterocycles. The van der Waals surface area contributed by atoms with Gasteiger partial charge in [-0.2, -0.15) is 5.10 Å². The molecule has 2 aromatic carbocycles. The smallest absolute Gasteiger partial charge is 0.274 e. The largest absolute Gasteiger partial charge is 0.392 e. The van der Waals surface area contributed by atoms with Crippen LogP contribution in [-0.2, 0) is 31.0 Å². The fraction of sp³-hybridized carbons (Fsp3) is 0.343. The average Bonchev–Trinajstić information content (AvgIpc) is 2.96. The van der Waals surface area contributed by atoms with Crippen LogP contribution in [0.3, 0.4) is 0 Å². The van der Waals surface area contributed by atoms with Crippen LogP contribution in [0.4, 0.5) is 15.9 Å². The van der Waals surface area contributed by atoms with Crippen molar-refractivity contribution < 1.29 is 9.50 Å². The molecular formula is C35H43FN6O2. The monoisotopic (exact) mass is 598 g/mol. The van der Waals surface area contributed by atoms with E-state index in [1.807, 2.05) is 57.2 Å². The number of pyridine rings is 2. The van der Waals surface area contributed by atoms with Gasteiger partial charge in [-0.15, -0.1) is 0 Å². The van der Waals surface area contributed by atoms with Crippen LogP contribution in [0, 0.1) is 5.82 Å². The number of anilines is 2. The number of hydrogen-bond donors (Lipinski definition) is 4. The summed E-state index contributed by atoms with van der Waals surface area (Å²) in [5.41, 5.74) is 5.36. The van der Waals surface area contributed by atoms with Crippen molar-refractivity contribution >= 4 is 17.7 Å². The zero-order chi connectivity index (χ0) is 32.2. The van der Waals surface area contributed by atoms with E-state index in [2.05, 4.69) is 41.5 Å². The molecule has 232 valence electrons. The summed E-state index contributed by atoms with van der Waals surface area (Å²) >= 11 is 0. The molecule has 0 atom stereocenters. The Labute approximate surface area is 258 Å². The van der Waals surface area contributed by atoms with Gasteiger partial charge in [0.05, 0.1) is 12.8 Å². The van der Waals surface area contributed by atoms with Crippen LogP contribution in [0.25, 0.3) is 11.1 Å². The second kappa shape index (κ2) is 13.1. The van der Waals surface area contributed by atoms with Crippen molar-refractivity contribution in [2.45, 2.75) is 65.5 Å². The third-order valence-corrected chi connectivity index (χ3v) is 7.97. The highest BCUT2D eigenvalue weighted by Gasteiger charge is 2.21. The van der Waals surface area contributed by atoms with E-state index in [-0.39, 0.29) is 35.4 Å². The van der Waals surface area contributed by atoms with E-state index in [9.17, 15) is 9.90 Å². The Morgan fingerprint density at radius 1 is 1.07 bits per heavy atom. The molecule has 0 radical (unpaired) electrons. The summed E-state index contributed by atoms with van der Waals surface area (Å²) < 4.78 is 17.1. The maximum Gasteiger partial charge on any atom is 0.274 e. The summed E-state index contributed by atoms with van der Waals surface area (Å²) in [7, 11) is 1.68. The van der Waals surface area contributed by atoms with Crippen LogP contribution in [0.5, 0.6) is 0 Å². The van der Waals surface area contributed by atoms with Gasteiger partial charge in [-0.3, -0.25) is 4.79 Å². The summed E-state index contributed by atoms with van der Waals surface area (Å²) in [4.78, 5) is 17.7. The molecule has 4 aromatic rings. The SMILES string of the molecule is CCNC(C)(C)c1ccc(Nc2cc(-c3cccc(Cc4c(F)cc(C(C)(C)C)cc4/C=N\N)c3CO)cn(C)c2=O)nc1. The number of hydrogen-bond acceptors (Lipinski definition) is 7. The number of nitrogens with one attached hydrogen (secondary N) is 2. The molecule has 0 fully saturated rings. The second-order valence-electron chi connectivity index (χ2n) is 12.6. The van der Waals surface area contributed by atoms with E-state index in [1.165, 1.54) is 10.8 Å². The molecule has 0 unspecified atom stereocenters. The van der Waals surface area contributed by atoms with Gasteiger partial charge in [-0.05, 0) is 77.9 Å². The average molecular weight is 599 g/mol. The fourth-order valence-corrected chi connectivity index (χ4v) is 5.39. The second-order valence-corrected chi connectivity index (χ2v) is 12.6. The minimum atomic E-state index is -0.359. The first kappa shape index (κ1) is 32.6. The molecule has 9 heteroatoms. The molecule has 2 aromatic heterocycles. The molecule has 0 saturated carbocycles. The van der Waals surface area contributed by atoms with E-state index >= 15 is 4.39 Å². The third-order valence-electron chi connectivity index (χ3n) is 7.97. The molecule has 4 rings (SSSR count). The Bertz CT molecular complexity index is 1720. The third kappa shape index (κ3) is 7.06. The molecule has 0 spiro atoms. The van der Waals surface area contributed by atoms with Crippen molar-refractivity contribution in [1.82, 2.24) is 14.9 Å². The van der Waals surface area contributed by atoms with Crippen LogP contribution >= 0.6 is 0 Å². The van der Waals surface area contributed by atoms with Gasteiger partial charge in [-0.1, -0.05) is 52.0 Å². The first-order chi connectivity index (χ1) is 20.8. The van der Waals surface area contributed by atoms with Crippen LogP contribution in [0.15, 0.2) is 70.8 Å². The molecular weight excluding hydrogens is 555 g/mol. The summed E-state index contributed by atoms with van der Waals surface area (Å²) in [6.07, 6.45) is 5.20. The Hall–Kier alpha value is -4.34. The Morgan fingerprint density at radius 3 is 2.43 bits per heavy atom. The van der Waals surface area contributed by atoms with Crippen molar-refractivity contribution in [3.8, 4) is 11.1 Å². The lowest BCUT2D eigenvalue weighted by atomic mass is 9.84. The molecule has 0 amide bonds. The van der Waals surface area contributed by atoms with Gasteiger partial charge >= 0.3 is 0 Å². The van der Waals surface area contributed by atoms with Gasteiger partial charge in [0.2, 0.25) is 0 Å². The fourth-order valence-electron chi connectivity index (χ4n) is 5.39. The van der Waals surface area contributed by atoms with Crippen LogP contribution in [0.2, 0.25) is 0 Å². The number of aromatic nitrogens is 2. The zero-order valence-electron chi connectivity index (χ0n) is 26.6. The molecule has 0 aliphatic heterocycles. The highest BCUT2D eigenvalue weighted by molar-refractivity contribution is 5.82. The number of benzene rings is 2. The Kier molecular flexibility index (Phi) is 9.71. The highest BCUT2D eigenvalue weighted by Crippen LogP contribution is 2.32. The lowest BCUT2D eigenvalue weighted by molar-refractivity contribution is 0.281. The summed E-state index contributed by atoms with van der Waals surface area (Å²) in [5, 5.41) is 20.8. The summed E-state index contributed by atoms with van der Waals surface area (Å²) in [6.45, 7) is 12.9. The van der Waals surface area contributed by atoms with Crippen molar-refractivity contribution in [2.75, 3.05) is 11.9 Å². The minimum absolute atomic E-state index is 0.220. The summed E-state index contributed by atoms with van der Waals surface area (Å²) in [6, 6.07) is 14.7. The van der Waals surface area contributed by atoms with Gasteiger partial charge in [0, 0.05) is 48.1 Å². The maximum absolute atomic E-state index is 15.6. The maximum atomic E-state index is 15.6. The molecule has 0 aliphatic rings. The number of aliphatic hydroxyl groups excluding tert-OH is 1. The minimum Gasteiger partial charge on any atom is -0.392 e. The first-order valence-corrected chi connectivity index (χ1v) is 14.8. The van der Waals surface area contributed by atoms with Gasteiger partial charge < -0.3 is 26.1 Å². The topological polar surface area (TPSA) is 118 Å². The predicted molar refractivity (Wildman–Crippen MR) is 177 cm³/mol. The van der Waals surface area contributed by atoms with Gasteiger partial charge in [-0.25, -0.2) is 9.37 Å². The number of nitrogens with two attached hydrogens (primary N) is 1. The predicted octanol–water partition coefficient (Wildman–Crippen LogP) is 5.85. The number of rotatable bonds is 10. The molecule has 0 saturated heterocycles. The molecule has 8 nitrogen and oxygen atoms in total. The molecule has 0 aliphatic carbocycles. The van der Waals surface area contributed by atoms with Crippen molar-refractivity contribution in [1.29, 1.82) is 0 Å². The zero-order valence-corrected chi connectivity index (χ0v) is 26.6. The van der Waals surface area contributed by atoms with Gasteiger partial charge in [0.1, 0.15) is 17.3 Å². The van der Waals surface area contributed by atoms with Gasteiger partial charge in [0.25, 0.3) is 5.56 Å². The van der Waals surface area contributed by atoms with E-state index < -0.39 is 0 Å². The number of hydrazone groups is 1. The van der Waals surface area contributed by atoms with Crippen LogP contribution in [-0.4, -0.2) is 27.4 Å². The number of aryl methyl sites for hydroxylation is 1. The quantitative estimate of drug-likeness (QED) is 0.103. The van der Waals surface area contributed by atoms with Gasteiger partial charge in [0.15, 0.2) is 0 Å². The van der Waals surface area contributed by atoms with E-state index in [1.54, 1.807) is 31.6 Å².